The lowest BCUT2D eigenvalue weighted by Crippen LogP contribution is -2.15. The summed E-state index contributed by atoms with van der Waals surface area (Å²) in [5.41, 5.74) is 2.27. The van der Waals surface area contributed by atoms with Crippen molar-refractivity contribution in [2.45, 2.75) is 26.7 Å². The lowest BCUT2D eigenvalue weighted by molar-refractivity contribution is 0.413. The Labute approximate surface area is 115 Å². The van der Waals surface area contributed by atoms with Crippen molar-refractivity contribution in [1.29, 1.82) is 0 Å². The maximum Gasteiger partial charge on any atom is 0.126 e. The monoisotopic (exact) mass is 267 g/mol. The molecule has 0 aliphatic rings. The molecule has 18 heavy (non-hydrogen) atoms. The molecule has 1 rings (SSSR count). The molecule has 1 aromatic carbocycles. The molecule has 1 N–H and O–H groups in total. The van der Waals surface area contributed by atoms with E-state index in [1.54, 1.807) is 7.11 Å². The number of benzene rings is 1. The van der Waals surface area contributed by atoms with Crippen molar-refractivity contribution in [3.63, 3.8) is 0 Å². The van der Waals surface area contributed by atoms with Gasteiger partial charge in [-0.2, -0.15) is 0 Å². The molecule has 3 heteroatoms. The summed E-state index contributed by atoms with van der Waals surface area (Å²) in [5.74, 6) is 0.870. The third-order valence-corrected chi connectivity index (χ3v) is 3.02. The lowest BCUT2D eigenvalue weighted by atomic mass is 10.1. The second-order valence-corrected chi connectivity index (χ2v) is 4.71. The first-order valence-electron chi connectivity index (χ1n) is 6.40. The zero-order valence-corrected chi connectivity index (χ0v) is 12.2. The minimum Gasteiger partial charge on any atom is -0.496 e. The van der Waals surface area contributed by atoms with E-state index in [0.717, 1.165) is 35.8 Å². The second-order valence-electron chi connectivity index (χ2n) is 4.27. The fraction of sp³-hybridized carbons (Fsp3) is 0.467. The maximum atomic E-state index is 6.03. The van der Waals surface area contributed by atoms with E-state index in [0.29, 0.717) is 0 Å². The van der Waals surface area contributed by atoms with Crippen LogP contribution in [0, 0.1) is 0 Å². The molecule has 0 fully saturated rings. The van der Waals surface area contributed by atoms with Crippen LogP contribution in [0.2, 0.25) is 5.02 Å². The van der Waals surface area contributed by atoms with Crippen molar-refractivity contribution in [1.82, 2.24) is 5.32 Å². The fourth-order valence-electron chi connectivity index (χ4n) is 1.79. The van der Waals surface area contributed by atoms with Gasteiger partial charge in [0.15, 0.2) is 0 Å². The molecule has 0 aliphatic heterocycles. The van der Waals surface area contributed by atoms with E-state index >= 15 is 0 Å². The second kappa shape index (κ2) is 8.17. The standard InChI is InChI=1S/C15H22ClNO/c1-4-9-17-10-5-6-12(2)14-11-13(16)7-8-15(14)18-3/h6-8,11,17H,4-5,9-10H2,1-3H3. The van der Waals surface area contributed by atoms with Crippen molar-refractivity contribution in [2.75, 3.05) is 20.2 Å². The highest BCUT2D eigenvalue weighted by atomic mass is 35.5. The Morgan fingerprint density at radius 3 is 2.83 bits per heavy atom. The molecule has 0 saturated heterocycles. The van der Waals surface area contributed by atoms with Gasteiger partial charge in [-0.1, -0.05) is 24.6 Å². The number of halogens is 1. The quantitative estimate of drug-likeness (QED) is 0.750. The van der Waals surface area contributed by atoms with E-state index < -0.39 is 0 Å². The number of allylic oxidation sites excluding steroid dienone is 1. The van der Waals surface area contributed by atoms with E-state index in [9.17, 15) is 0 Å². The Morgan fingerprint density at radius 1 is 1.39 bits per heavy atom. The van der Waals surface area contributed by atoms with E-state index in [2.05, 4.69) is 25.2 Å². The average molecular weight is 268 g/mol. The highest BCUT2D eigenvalue weighted by molar-refractivity contribution is 6.30. The molecule has 0 heterocycles. The first-order valence-corrected chi connectivity index (χ1v) is 6.78. The Balaban J connectivity index is 2.67. The van der Waals surface area contributed by atoms with E-state index in [4.69, 9.17) is 16.3 Å². The summed E-state index contributed by atoms with van der Waals surface area (Å²) < 4.78 is 5.35. The molecule has 0 aromatic heterocycles. The van der Waals surface area contributed by atoms with Crippen LogP contribution in [0.3, 0.4) is 0 Å². The van der Waals surface area contributed by atoms with Crippen molar-refractivity contribution in [2.24, 2.45) is 0 Å². The molecule has 0 saturated carbocycles. The number of ether oxygens (including phenoxy) is 1. The number of methoxy groups -OCH3 is 1. The minimum absolute atomic E-state index is 0.739. The molecule has 0 atom stereocenters. The third kappa shape index (κ3) is 4.71. The molecule has 0 bridgehead atoms. The third-order valence-electron chi connectivity index (χ3n) is 2.78. The minimum atomic E-state index is 0.739. The fourth-order valence-corrected chi connectivity index (χ4v) is 1.96. The lowest BCUT2D eigenvalue weighted by Gasteiger charge is -2.09. The zero-order chi connectivity index (χ0) is 13.4. The molecule has 0 radical (unpaired) electrons. The molecule has 0 aliphatic carbocycles. The van der Waals surface area contributed by atoms with E-state index in [1.165, 1.54) is 12.0 Å². The summed E-state index contributed by atoms with van der Waals surface area (Å²) >= 11 is 6.03. The Morgan fingerprint density at radius 2 is 2.17 bits per heavy atom. The summed E-state index contributed by atoms with van der Waals surface area (Å²) in [6.07, 6.45) is 4.41. The Bertz CT molecular complexity index is 401. The van der Waals surface area contributed by atoms with Crippen LogP contribution in [-0.4, -0.2) is 20.2 Å². The highest BCUT2D eigenvalue weighted by Crippen LogP contribution is 2.28. The summed E-state index contributed by atoms with van der Waals surface area (Å²) in [4.78, 5) is 0. The smallest absolute Gasteiger partial charge is 0.126 e. The SMILES string of the molecule is CCCNCCC=C(C)c1cc(Cl)ccc1OC. The number of hydrogen-bond acceptors (Lipinski definition) is 2. The molecule has 1 aromatic rings. The molecule has 0 unspecified atom stereocenters. The number of nitrogens with one attached hydrogen (secondary N) is 1. The predicted octanol–water partition coefficient (Wildman–Crippen LogP) is 4.14. The van der Waals surface area contributed by atoms with Crippen LogP contribution in [0.4, 0.5) is 0 Å². The first-order chi connectivity index (χ1) is 8.69. The van der Waals surface area contributed by atoms with Gasteiger partial charge in [-0.05, 0) is 56.6 Å². The van der Waals surface area contributed by atoms with Crippen LogP contribution in [0.25, 0.3) is 5.57 Å². The van der Waals surface area contributed by atoms with Gasteiger partial charge in [0, 0.05) is 10.6 Å². The van der Waals surface area contributed by atoms with Crippen LogP contribution in [0.15, 0.2) is 24.3 Å². The predicted molar refractivity (Wildman–Crippen MR) is 79.4 cm³/mol. The van der Waals surface area contributed by atoms with E-state index in [-0.39, 0.29) is 0 Å². The number of hydrogen-bond donors (Lipinski definition) is 1. The topological polar surface area (TPSA) is 21.3 Å². The molecule has 0 spiro atoms. The van der Waals surface area contributed by atoms with Gasteiger partial charge in [-0.25, -0.2) is 0 Å². The van der Waals surface area contributed by atoms with Crippen LogP contribution < -0.4 is 10.1 Å². The molecular formula is C15H22ClNO. The van der Waals surface area contributed by atoms with Crippen molar-refractivity contribution < 1.29 is 4.74 Å². The maximum absolute atomic E-state index is 6.03. The van der Waals surface area contributed by atoms with Gasteiger partial charge < -0.3 is 10.1 Å². The number of rotatable bonds is 7. The van der Waals surface area contributed by atoms with Gasteiger partial charge >= 0.3 is 0 Å². The highest BCUT2D eigenvalue weighted by Gasteiger charge is 2.05. The summed E-state index contributed by atoms with van der Waals surface area (Å²) in [7, 11) is 1.68. The zero-order valence-electron chi connectivity index (χ0n) is 11.4. The van der Waals surface area contributed by atoms with Gasteiger partial charge in [0.25, 0.3) is 0 Å². The van der Waals surface area contributed by atoms with Gasteiger partial charge in [0.1, 0.15) is 5.75 Å². The Kier molecular flexibility index (Phi) is 6.84. The first kappa shape index (κ1) is 15.1. The molecular weight excluding hydrogens is 246 g/mol. The van der Waals surface area contributed by atoms with Gasteiger partial charge in [-0.3, -0.25) is 0 Å². The van der Waals surface area contributed by atoms with Crippen LogP contribution in [0.1, 0.15) is 32.3 Å². The van der Waals surface area contributed by atoms with Gasteiger partial charge in [-0.15, -0.1) is 0 Å². The Hall–Kier alpha value is -0.990. The van der Waals surface area contributed by atoms with Gasteiger partial charge in [0.2, 0.25) is 0 Å². The van der Waals surface area contributed by atoms with Crippen molar-refractivity contribution in [3.8, 4) is 5.75 Å². The molecule has 2 nitrogen and oxygen atoms in total. The summed E-state index contributed by atoms with van der Waals surface area (Å²) in [6.45, 7) is 6.35. The van der Waals surface area contributed by atoms with Crippen molar-refractivity contribution in [3.05, 3.63) is 34.9 Å². The summed E-state index contributed by atoms with van der Waals surface area (Å²) in [5, 5.41) is 4.12. The largest absolute Gasteiger partial charge is 0.496 e. The average Bonchev–Trinajstić information content (AvgIpc) is 2.38. The van der Waals surface area contributed by atoms with Crippen molar-refractivity contribution >= 4 is 17.2 Å². The molecule has 100 valence electrons. The van der Waals surface area contributed by atoms with E-state index in [1.807, 2.05) is 18.2 Å². The van der Waals surface area contributed by atoms with Gasteiger partial charge in [0.05, 0.1) is 7.11 Å². The summed E-state index contributed by atoms with van der Waals surface area (Å²) in [6, 6.07) is 5.70. The van der Waals surface area contributed by atoms with Crippen LogP contribution >= 0.6 is 11.6 Å². The van der Waals surface area contributed by atoms with Crippen LogP contribution in [0.5, 0.6) is 5.75 Å². The normalized spacial score (nSPS) is 11.7. The molecule has 0 amide bonds. The van der Waals surface area contributed by atoms with Crippen LogP contribution in [-0.2, 0) is 0 Å².